The number of imidazole rings is 1. The molecule has 1 fully saturated rings. The minimum Gasteiger partial charge on any atom is -0.348 e. The molecular formula is C25H24F2N4OS. The van der Waals surface area contributed by atoms with Crippen molar-refractivity contribution in [3.8, 4) is 17.2 Å². The van der Waals surface area contributed by atoms with Gasteiger partial charge in [0.1, 0.15) is 6.54 Å². The summed E-state index contributed by atoms with van der Waals surface area (Å²) in [6.07, 6.45) is 2.91. The first-order valence-electron chi connectivity index (χ1n) is 10.8. The molecule has 1 amide bonds. The van der Waals surface area contributed by atoms with Crippen LogP contribution in [-0.4, -0.2) is 28.3 Å². The summed E-state index contributed by atoms with van der Waals surface area (Å²) < 4.78 is 28.4. The molecule has 1 saturated carbocycles. The van der Waals surface area contributed by atoms with E-state index >= 15 is 0 Å². The minimum absolute atomic E-state index is 0.188. The Hall–Kier alpha value is -3.18. The summed E-state index contributed by atoms with van der Waals surface area (Å²) in [6, 6.07) is 17.7. The summed E-state index contributed by atoms with van der Waals surface area (Å²) in [4.78, 5) is 20.9. The molecule has 2 aromatic carbocycles. The Labute approximate surface area is 195 Å². The Balaban J connectivity index is 1.58. The number of carbonyl (C=O) groups is 1. The van der Waals surface area contributed by atoms with Crippen LogP contribution in [0.1, 0.15) is 36.4 Å². The second-order valence-corrected chi connectivity index (χ2v) is 9.21. The quantitative estimate of drug-likeness (QED) is 0.354. The number of nitrogens with one attached hydrogen (secondary N) is 2. The highest BCUT2D eigenvalue weighted by molar-refractivity contribution is 7.98. The Morgan fingerprint density at radius 3 is 2.76 bits per heavy atom. The maximum absolute atomic E-state index is 14.2. The lowest BCUT2D eigenvalue weighted by molar-refractivity contribution is -0.133. The fourth-order valence-electron chi connectivity index (χ4n) is 4.38. The number of amides is 1. The number of nitrogens with zero attached hydrogens (tertiary/aromatic N) is 2. The lowest BCUT2D eigenvalue weighted by Gasteiger charge is -2.36. The van der Waals surface area contributed by atoms with Crippen LogP contribution in [0.5, 0.6) is 0 Å². The Bertz CT molecular complexity index is 1130. The highest BCUT2D eigenvalue weighted by atomic mass is 32.2. The van der Waals surface area contributed by atoms with Crippen LogP contribution in [0.4, 0.5) is 8.78 Å². The van der Waals surface area contributed by atoms with Crippen molar-refractivity contribution < 1.29 is 13.6 Å². The maximum Gasteiger partial charge on any atom is 0.249 e. The van der Waals surface area contributed by atoms with Crippen LogP contribution in [0, 0.1) is 17.2 Å². The van der Waals surface area contributed by atoms with E-state index in [1.807, 2.05) is 54.6 Å². The summed E-state index contributed by atoms with van der Waals surface area (Å²) in [7, 11) is 0. The molecule has 0 saturated heterocycles. The van der Waals surface area contributed by atoms with Crippen LogP contribution in [0.15, 0.2) is 66.0 Å². The molecule has 4 rings (SSSR count). The van der Waals surface area contributed by atoms with Gasteiger partial charge in [-0.1, -0.05) is 36.4 Å². The fourth-order valence-corrected chi connectivity index (χ4v) is 5.19. The number of aromatic amines is 1. The van der Waals surface area contributed by atoms with Crippen LogP contribution in [0.25, 0.3) is 11.1 Å². The molecular weight excluding hydrogens is 442 g/mol. The Morgan fingerprint density at radius 2 is 2.03 bits per heavy atom. The number of carbonyl (C=O) groups excluding carboxylic acids is 1. The lowest BCUT2D eigenvalue weighted by Crippen LogP contribution is -2.41. The number of aromatic nitrogens is 2. The van der Waals surface area contributed by atoms with Gasteiger partial charge in [0.05, 0.1) is 18.3 Å². The monoisotopic (exact) mass is 466 g/mol. The number of halogens is 2. The van der Waals surface area contributed by atoms with Gasteiger partial charge in [0, 0.05) is 35.4 Å². The normalized spacial score (nSPS) is 19.5. The Kier molecular flexibility index (Phi) is 7.09. The van der Waals surface area contributed by atoms with Crippen molar-refractivity contribution in [1.82, 2.24) is 15.3 Å². The largest absolute Gasteiger partial charge is 0.348 e. The first-order valence-corrected chi connectivity index (χ1v) is 11.8. The van der Waals surface area contributed by atoms with Crippen molar-refractivity contribution in [2.24, 2.45) is 5.92 Å². The SMILES string of the molecule is N#CCNC(=O)[C@@H]1CC(F)(F)CC[C@H]1c1ccccc1-c1ccc(SCc2cnc[nH]2)cc1. The molecule has 33 heavy (non-hydrogen) atoms. The van der Waals surface area contributed by atoms with Crippen LogP contribution in [0.2, 0.25) is 0 Å². The number of thioether (sulfide) groups is 1. The van der Waals surface area contributed by atoms with Gasteiger partial charge < -0.3 is 10.3 Å². The van der Waals surface area contributed by atoms with Crippen molar-refractivity contribution in [3.05, 3.63) is 72.3 Å². The molecule has 3 aromatic rings. The molecule has 0 bridgehead atoms. The molecule has 0 unspecified atom stereocenters. The summed E-state index contributed by atoms with van der Waals surface area (Å²) in [5.41, 5.74) is 3.85. The molecule has 2 N–H and O–H groups in total. The molecule has 2 atom stereocenters. The van der Waals surface area contributed by atoms with Gasteiger partial charge in [0.25, 0.3) is 0 Å². The van der Waals surface area contributed by atoms with Crippen molar-refractivity contribution in [2.45, 2.75) is 41.8 Å². The molecule has 0 radical (unpaired) electrons. The van der Waals surface area contributed by atoms with Gasteiger partial charge in [-0.2, -0.15) is 5.26 Å². The first kappa shape index (κ1) is 23.0. The zero-order valence-corrected chi connectivity index (χ0v) is 18.7. The molecule has 5 nitrogen and oxygen atoms in total. The van der Waals surface area contributed by atoms with Crippen LogP contribution >= 0.6 is 11.8 Å². The molecule has 1 aliphatic rings. The van der Waals surface area contributed by atoms with Crippen LogP contribution in [-0.2, 0) is 10.5 Å². The van der Waals surface area contributed by atoms with Gasteiger partial charge in [0.2, 0.25) is 11.8 Å². The number of H-pyrrole nitrogens is 1. The van der Waals surface area contributed by atoms with Crippen LogP contribution < -0.4 is 5.32 Å². The maximum atomic E-state index is 14.2. The number of hydrogen-bond donors (Lipinski definition) is 2. The molecule has 1 aromatic heterocycles. The van der Waals surface area contributed by atoms with Gasteiger partial charge in [-0.25, -0.2) is 13.8 Å². The van der Waals surface area contributed by atoms with E-state index in [9.17, 15) is 13.6 Å². The first-order chi connectivity index (χ1) is 16.0. The van der Waals surface area contributed by atoms with E-state index < -0.39 is 24.2 Å². The minimum atomic E-state index is -2.88. The number of hydrogen-bond acceptors (Lipinski definition) is 4. The topological polar surface area (TPSA) is 81.6 Å². The predicted octanol–water partition coefficient (Wildman–Crippen LogP) is 5.53. The Morgan fingerprint density at radius 1 is 1.24 bits per heavy atom. The average molecular weight is 467 g/mol. The molecule has 170 valence electrons. The number of rotatable bonds is 7. The van der Waals surface area contributed by atoms with Crippen molar-refractivity contribution >= 4 is 17.7 Å². The van der Waals surface area contributed by atoms with Gasteiger partial charge in [-0.3, -0.25) is 4.79 Å². The van der Waals surface area contributed by atoms with E-state index in [4.69, 9.17) is 5.26 Å². The van der Waals surface area contributed by atoms with E-state index in [-0.39, 0.29) is 25.3 Å². The number of nitriles is 1. The summed E-state index contributed by atoms with van der Waals surface area (Å²) in [6.45, 7) is -0.188. The highest BCUT2D eigenvalue weighted by Gasteiger charge is 2.45. The molecule has 0 aliphatic heterocycles. The number of alkyl halides is 2. The van der Waals surface area contributed by atoms with Crippen LogP contribution in [0.3, 0.4) is 0 Å². The average Bonchev–Trinajstić information content (AvgIpc) is 3.35. The van der Waals surface area contributed by atoms with E-state index in [2.05, 4.69) is 15.3 Å². The van der Waals surface area contributed by atoms with E-state index in [1.165, 1.54) is 0 Å². The molecule has 0 spiro atoms. The highest BCUT2D eigenvalue weighted by Crippen LogP contribution is 2.47. The third-order valence-corrected chi connectivity index (χ3v) is 7.04. The van der Waals surface area contributed by atoms with Gasteiger partial charge in [0.15, 0.2) is 0 Å². The van der Waals surface area contributed by atoms with Crippen molar-refractivity contribution in [3.63, 3.8) is 0 Å². The standard InChI is InChI=1S/C25H24F2N4OS/c26-25(27)10-9-22(23(13-25)24(32)30-12-11-28)21-4-2-1-3-20(21)17-5-7-19(8-6-17)33-15-18-14-29-16-31-18/h1-8,14,16,22-23H,9-10,12-13,15H2,(H,29,31)(H,30,32)/t22-,23+/m0/s1. The summed E-state index contributed by atoms with van der Waals surface area (Å²) in [5.74, 6) is -3.80. The zero-order valence-electron chi connectivity index (χ0n) is 17.9. The van der Waals surface area contributed by atoms with E-state index in [0.29, 0.717) is 0 Å². The second-order valence-electron chi connectivity index (χ2n) is 8.16. The smallest absolute Gasteiger partial charge is 0.249 e. The molecule has 1 aliphatic carbocycles. The van der Waals surface area contributed by atoms with E-state index in [0.717, 1.165) is 33.0 Å². The fraction of sp³-hybridized carbons (Fsp3) is 0.320. The third-order valence-electron chi connectivity index (χ3n) is 5.98. The predicted molar refractivity (Wildman–Crippen MR) is 124 cm³/mol. The molecule has 1 heterocycles. The van der Waals surface area contributed by atoms with Crippen molar-refractivity contribution in [1.29, 1.82) is 5.26 Å². The lowest BCUT2D eigenvalue weighted by atomic mass is 9.72. The molecule has 8 heteroatoms. The summed E-state index contributed by atoms with van der Waals surface area (Å²) in [5, 5.41) is 11.3. The number of benzene rings is 2. The van der Waals surface area contributed by atoms with E-state index in [1.54, 1.807) is 24.3 Å². The van der Waals surface area contributed by atoms with Gasteiger partial charge in [-0.05, 0) is 41.2 Å². The van der Waals surface area contributed by atoms with Gasteiger partial charge in [-0.15, -0.1) is 11.8 Å². The summed E-state index contributed by atoms with van der Waals surface area (Å²) >= 11 is 1.69. The second kappa shape index (κ2) is 10.2. The zero-order chi connectivity index (χ0) is 23.3. The van der Waals surface area contributed by atoms with Crippen molar-refractivity contribution in [2.75, 3.05) is 6.54 Å². The third kappa shape index (κ3) is 5.60. The van der Waals surface area contributed by atoms with Gasteiger partial charge >= 0.3 is 0 Å².